The highest BCUT2D eigenvalue weighted by atomic mass is 16.6. The van der Waals surface area contributed by atoms with E-state index in [1.165, 1.54) is 0 Å². The molecule has 0 aliphatic carbocycles. The molecule has 7 nitrogen and oxygen atoms in total. The first kappa shape index (κ1) is 13.4. The van der Waals surface area contributed by atoms with Crippen LogP contribution in [0.1, 0.15) is 5.56 Å². The Morgan fingerprint density at radius 2 is 2.33 bits per heavy atom. The van der Waals surface area contributed by atoms with Gasteiger partial charge in [-0.25, -0.2) is 15.6 Å². The number of aromatic nitrogens is 1. The van der Waals surface area contributed by atoms with Crippen LogP contribution in [0.4, 0.5) is 10.6 Å². The van der Waals surface area contributed by atoms with E-state index < -0.39 is 0 Å². The SMILES string of the molecule is COc1ccc2cc(CN3CCOC3=O)c(NN)nc2c1. The number of nitrogens with zero attached hydrogens (tertiary/aromatic N) is 2. The predicted molar refractivity (Wildman–Crippen MR) is 77.9 cm³/mol. The van der Waals surface area contributed by atoms with E-state index in [1.807, 2.05) is 24.3 Å². The highest BCUT2D eigenvalue weighted by Crippen LogP contribution is 2.25. The minimum absolute atomic E-state index is 0.312. The Balaban J connectivity index is 1.99. The van der Waals surface area contributed by atoms with E-state index in [0.29, 0.717) is 25.5 Å². The third-order valence-electron chi connectivity index (χ3n) is 3.45. The Morgan fingerprint density at radius 1 is 1.48 bits per heavy atom. The summed E-state index contributed by atoms with van der Waals surface area (Å²) in [6.45, 7) is 1.40. The monoisotopic (exact) mass is 288 g/mol. The van der Waals surface area contributed by atoms with Gasteiger partial charge in [0.05, 0.1) is 25.7 Å². The van der Waals surface area contributed by atoms with E-state index in [9.17, 15) is 4.79 Å². The first-order chi connectivity index (χ1) is 10.2. The molecule has 0 spiro atoms. The maximum Gasteiger partial charge on any atom is 0.410 e. The number of amides is 1. The molecule has 1 aromatic heterocycles. The topological polar surface area (TPSA) is 89.7 Å². The van der Waals surface area contributed by atoms with Gasteiger partial charge in [-0.15, -0.1) is 0 Å². The van der Waals surface area contributed by atoms with E-state index in [0.717, 1.165) is 22.2 Å². The average Bonchev–Trinajstić information content (AvgIpc) is 2.91. The second-order valence-electron chi connectivity index (χ2n) is 4.73. The Bertz CT molecular complexity index is 689. The number of carbonyl (C=O) groups excluding carboxylic acids is 1. The van der Waals surface area contributed by atoms with Crippen LogP contribution in [0.15, 0.2) is 24.3 Å². The quantitative estimate of drug-likeness (QED) is 0.654. The fourth-order valence-corrected chi connectivity index (χ4v) is 2.34. The number of ether oxygens (including phenoxy) is 2. The standard InChI is InChI=1S/C14H16N4O3/c1-20-11-3-2-9-6-10(8-18-4-5-21-14(18)19)13(17-15)16-12(9)7-11/h2-3,6-7H,4-5,8,15H2,1H3,(H,16,17). The number of fused-ring (bicyclic) bond motifs is 1. The summed E-state index contributed by atoms with van der Waals surface area (Å²) in [6.07, 6.45) is -0.312. The number of anilines is 1. The zero-order valence-electron chi connectivity index (χ0n) is 11.6. The number of pyridine rings is 1. The normalized spacial score (nSPS) is 14.4. The lowest BCUT2D eigenvalue weighted by atomic mass is 10.1. The molecule has 0 atom stereocenters. The van der Waals surface area contributed by atoms with Crippen molar-refractivity contribution in [3.8, 4) is 5.75 Å². The first-order valence-corrected chi connectivity index (χ1v) is 6.57. The molecule has 0 radical (unpaired) electrons. The average molecular weight is 288 g/mol. The first-order valence-electron chi connectivity index (χ1n) is 6.57. The van der Waals surface area contributed by atoms with Gasteiger partial charge in [-0.1, -0.05) is 0 Å². The van der Waals surface area contributed by atoms with Gasteiger partial charge in [0.25, 0.3) is 0 Å². The molecule has 1 fully saturated rings. The molecule has 0 bridgehead atoms. The number of nitrogen functional groups attached to an aromatic ring is 1. The highest BCUT2D eigenvalue weighted by Gasteiger charge is 2.23. The Kier molecular flexibility index (Phi) is 3.49. The van der Waals surface area contributed by atoms with Gasteiger partial charge in [0.2, 0.25) is 0 Å². The summed E-state index contributed by atoms with van der Waals surface area (Å²) in [4.78, 5) is 17.6. The zero-order valence-corrected chi connectivity index (χ0v) is 11.6. The van der Waals surface area contributed by atoms with Crippen molar-refractivity contribution in [2.24, 2.45) is 5.84 Å². The van der Waals surface area contributed by atoms with Crippen LogP contribution in [0.25, 0.3) is 10.9 Å². The van der Waals surface area contributed by atoms with Crippen molar-refractivity contribution in [2.45, 2.75) is 6.54 Å². The number of benzene rings is 1. The number of methoxy groups -OCH3 is 1. The number of cyclic esters (lactones) is 1. The summed E-state index contributed by atoms with van der Waals surface area (Å²) < 4.78 is 10.1. The van der Waals surface area contributed by atoms with Crippen LogP contribution in [0.5, 0.6) is 5.75 Å². The molecule has 0 saturated carbocycles. The summed E-state index contributed by atoms with van der Waals surface area (Å²) in [6, 6.07) is 7.59. The second-order valence-corrected chi connectivity index (χ2v) is 4.73. The number of nitrogens with two attached hydrogens (primary N) is 1. The molecule has 3 rings (SSSR count). The lowest BCUT2D eigenvalue weighted by Crippen LogP contribution is -2.25. The molecule has 1 aliphatic heterocycles. The van der Waals surface area contributed by atoms with Crippen LogP contribution in [0.3, 0.4) is 0 Å². The Hall–Kier alpha value is -2.54. The van der Waals surface area contributed by atoms with Crippen LogP contribution in [0.2, 0.25) is 0 Å². The molecular formula is C14H16N4O3. The number of rotatable bonds is 4. The number of nitrogens with one attached hydrogen (secondary N) is 1. The molecule has 3 N–H and O–H groups in total. The van der Waals surface area contributed by atoms with Crippen molar-refractivity contribution < 1.29 is 14.3 Å². The minimum atomic E-state index is -0.312. The van der Waals surface area contributed by atoms with E-state index in [4.69, 9.17) is 15.3 Å². The van der Waals surface area contributed by atoms with Gasteiger partial charge in [0.15, 0.2) is 0 Å². The summed E-state index contributed by atoms with van der Waals surface area (Å²) in [5.41, 5.74) is 4.20. The third-order valence-corrected chi connectivity index (χ3v) is 3.45. The van der Waals surface area contributed by atoms with Crippen molar-refractivity contribution in [1.82, 2.24) is 9.88 Å². The van der Waals surface area contributed by atoms with E-state index in [1.54, 1.807) is 12.0 Å². The van der Waals surface area contributed by atoms with Crippen LogP contribution in [0, 0.1) is 0 Å². The van der Waals surface area contributed by atoms with Crippen LogP contribution < -0.4 is 16.0 Å². The van der Waals surface area contributed by atoms with E-state index in [2.05, 4.69) is 10.4 Å². The van der Waals surface area contributed by atoms with Gasteiger partial charge in [-0.2, -0.15) is 0 Å². The van der Waals surface area contributed by atoms with E-state index in [-0.39, 0.29) is 6.09 Å². The minimum Gasteiger partial charge on any atom is -0.497 e. The maximum atomic E-state index is 11.5. The third kappa shape index (κ3) is 2.55. The maximum absolute atomic E-state index is 11.5. The molecule has 1 amide bonds. The van der Waals surface area contributed by atoms with Gasteiger partial charge < -0.3 is 19.8 Å². The van der Waals surface area contributed by atoms with Crippen LogP contribution in [-0.2, 0) is 11.3 Å². The molecule has 1 aliphatic rings. The Labute approximate surface area is 121 Å². The summed E-state index contributed by atoms with van der Waals surface area (Å²) in [5.74, 6) is 6.81. The molecule has 2 aromatic rings. The highest BCUT2D eigenvalue weighted by molar-refractivity contribution is 5.83. The fraction of sp³-hybridized carbons (Fsp3) is 0.286. The fourth-order valence-electron chi connectivity index (χ4n) is 2.34. The van der Waals surface area contributed by atoms with Crippen molar-refractivity contribution in [1.29, 1.82) is 0 Å². The van der Waals surface area contributed by atoms with Crippen molar-refractivity contribution in [3.05, 3.63) is 29.8 Å². The van der Waals surface area contributed by atoms with Crippen LogP contribution >= 0.6 is 0 Å². The second kappa shape index (κ2) is 5.45. The lowest BCUT2D eigenvalue weighted by molar-refractivity contribution is 0.157. The molecule has 0 unspecified atom stereocenters. The number of carbonyl (C=O) groups is 1. The van der Waals surface area contributed by atoms with Gasteiger partial charge in [-0.3, -0.25) is 0 Å². The predicted octanol–water partition coefficient (Wildman–Crippen LogP) is 1.48. The zero-order chi connectivity index (χ0) is 14.8. The molecule has 7 heteroatoms. The van der Waals surface area contributed by atoms with Crippen molar-refractivity contribution >= 4 is 22.8 Å². The van der Waals surface area contributed by atoms with E-state index >= 15 is 0 Å². The lowest BCUT2D eigenvalue weighted by Gasteiger charge is -2.16. The number of hydrogen-bond donors (Lipinski definition) is 2. The van der Waals surface area contributed by atoms with Gasteiger partial charge >= 0.3 is 6.09 Å². The van der Waals surface area contributed by atoms with Crippen molar-refractivity contribution in [2.75, 3.05) is 25.7 Å². The smallest absolute Gasteiger partial charge is 0.410 e. The van der Waals surface area contributed by atoms with Gasteiger partial charge in [0.1, 0.15) is 18.2 Å². The number of hydrazine groups is 1. The Morgan fingerprint density at radius 3 is 3.00 bits per heavy atom. The van der Waals surface area contributed by atoms with Gasteiger partial charge in [-0.05, 0) is 18.2 Å². The molecule has 1 aromatic carbocycles. The van der Waals surface area contributed by atoms with Gasteiger partial charge in [0, 0.05) is 17.0 Å². The summed E-state index contributed by atoms with van der Waals surface area (Å²) >= 11 is 0. The van der Waals surface area contributed by atoms with Crippen molar-refractivity contribution in [3.63, 3.8) is 0 Å². The number of hydrogen-bond acceptors (Lipinski definition) is 6. The molecule has 1 saturated heterocycles. The molecule has 110 valence electrons. The van der Waals surface area contributed by atoms with Crippen LogP contribution in [-0.4, -0.2) is 36.2 Å². The molecule has 21 heavy (non-hydrogen) atoms. The molecule has 2 heterocycles. The largest absolute Gasteiger partial charge is 0.497 e. The summed E-state index contributed by atoms with van der Waals surface area (Å²) in [5, 5.41) is 0.956. The summed E-state index contributed by atoms with van der Waals surface area (Å²) in [7, 11) is 1.61. The molecular weight excluding hydrogens is 272 g/mol.